The first kappa shape index (κ1) is 74.8. The lowest BCUT2D eigenvalue weighted by Gasteiger charge is -2.18. The van der Waals surface area contributed by atoms with Crippen molar-refractivity contribution in [2.75, 3.05) is 13.2 Å². The molecule has 0 aliphatic heterocycles. The van der Waals surface area contributed by atoms with E-state index >= 15 is 0 Å². The molecule has 0 aromatic carbocycles. The Kier molecular flexibility index (Phi) is 63.7. The van der Waals surface area contributed by atoms with Crippen LogP contribution in [0.25, 0.3) is 0 Å². The Hall–Kier alpha value is -3.15. The number of hydrogen-bond acceptors (Lipinski definition) is 6. The van der Waals surface area contributed by atoms with Crippen LogP contribution in [0.5, 0.6) is 0 Å². The minimum atomic E-state index is -0.811. The molecule has 0 rings (SSSR count). The molecule has 0 amide bonds. The topological polar surface area (TPSA) is 78.9 Å². The van der Waals surface area contributed by atoms with Gasteiger partial charge in [-0.05, 0) is 77.0 Å². The van der Waals surface area contributed by atoms with Crippen LogP contribution in [0.15, 0.2) is 72.9 Å². The molecule has 0 aromatic rings. The smallest absolute Gasteiger partial charge is 0.306 e. The van der Waals surface area contributed by atoms with Gasteiger partial charge in [-0.3, -0.25) is 14.4 Å². The predicted molar refractivity (Wildman–Crippen MR) is 339 cm³/mol. The molecular weight excluding hydrogens is 961 g/mol. The number of carbonyl (C=O) groups is 3. The molecule has 1 unspecified atom stereocenters. The minimum absolute atomic E-state index is 0.101. The molecule has 1 atom stereocenters. The molecule has 78 heavy (non-hydrogen) atoms. The average Bonchev–Trinajstić information content (AvgIpc) is 3.44. The largest absolute Gasteiger partial charge is 0.462 e. The van der Waals surface area contributed by atoms with Crippen LogP contribution in [0.2, 0.25) is 0 Å². The number of rotatable bonds is 62. The lowest BCUT2D eigenvalue weighted by atomic mass is 10.0. The van der Waals surface area contributed by atoms with Gasteiger partial charge in [0.1, 0.15) is 13.2 Å². The number of carbonyl (C=O) groups excluding carboxylic acids is 3. The van der Waals surface area contributed by atoms with Gasteiger partial charge in [0.25, 0.3) is 0 Å². The molecule has 0 radical (unpaired) electrons. The SMILES string of the molecule is CC/C=C\C/C=C\C/C=C\C/C=C\CCC(=O)OCC(COC(=O)CCCCCCCCCCCCCCCCCCCCCCCCCCCCCCCCC)OC(=O)CCCCCCC/C=C\C/C=C\CCCCCC. The van der Waals surface area contributed by atoms with E-state index in [9.17, 15) is 14.4 Å². The van der Waals surface area contributed by atoms with Crippen LogP contribution in [0.4, 0.5) is 0 Å². The van der Waals surface area contributed by atoms with E-state index in [1.807, 2.05) is 6.08 Å². The molecule has 0 saturated carbocycles. The Labute approximate surface area is 484 Å². The third-order valence-electron chi connectivity index (χ3n) is 15.0. The molecule has 0 aromatic heterocycles. The summed E-state index contributed by atoms with van der Waals surface area (Å²) in [5.41, 5.74) is 0. The third kappa shape index (κ3) is 63.7. The minimum Gasteiger partial charge on any atom is -0.462 e. The Morgan fingerprint density at radius 1 is 0.269 bits per heavy atom. The quantitative estimate of drug-likeness (QED) is 0.0261. The van der Waals surface area contributed by atoms with Crippen molar-refractivity contribution in [2.24, 2.45) is 0 Å². The van der Waals surface area contributed by atoms with Gasteiger partial charge in [0, 0.05) is 19.3 Å². The van der Waals surface area contributed by atoms with Gasteiger partial charge in [-0.1, -0.05) is 325 Å². The van der Waals surface area contributed by atoms with E-state index in [2.05, 4.69) is 87.6 Å². The second-order valence-corrected chi connectivity index (χ2v) is 22.7. The van der Waals surface area contributed by atoms with E-state index in [0.29, 0.717) is 19.3 Å². The van der Waals surface area contributed by atoms with E-state index in [0.717, 1.165) is 89.9 Å². The summed E-state index contributed by atoms with van der Waals surface area (Å²) in [5.74, 6) is -0.985. The van der Waals surface area contributed by atoms with E-state index in [1.165, 1.54) is 212 Å². The van der Waals surface area contributed by atoms with Gasteiger partial charge in [0.05, 0.1) is 0 Å². The lowest BCUT2D eigenvalue weighted by Crippen LogP contribution is -2.30. The van der Waals surface area contributed by atoms with Crippen molar-refractivity contribution in [1.82, 2.24) is 0 Å². The maximum Gasteiger partial charge on any atom is 0.306 e. The lowest BCUT2D eigenvalue weighted by molar-refractivity contribution is -0.166. The van der Waals surface area contributed by atoms with E-state index in [-0.39, 0.29) is 37.5 Å². The molecule has 0 bridgehead atoms. The second-order valence-electron chi connectivity index (χ2n) is 22.7. The molecule has 0 spiro atoms. The van der Waals surface area contributed by atoms with Crippen molar-refractivity contribution in [3.63, 3.8) is 0 Å². The first-order valence-corrected chi connectivity index (χ1v) is 33.9. The standard InChI is InChI=1S/C72H128O6/c1-4-7-10-13-16-19-22-25-27-29-30-31-32-33-34-35-36-37-38-39-40-41-42-43-45-47-50-53-56-59-62-65-71(74)77-68-69(67-76-70(73)64-61-58-55-52-49-46-24-21-18-15-12-9-6-3)78-72(75)66-63-60-57-54-51-48-44-28-26-23-20-17-14-11-8-5-2/h9,12,18,20-21,23,28,44,46,49,55,58,69H,4-8,10-11,13-17,19,22,24-27,29-43,45,47-48,50-54,56-57,59-68H2,1-3H3/b12-9-,21-18-,23-20-,44-28-,49-46-,58-55-. The number of hydrogen-bond donors (Lipinski definition) is 0. The van der Waals surface area contributed by atoms with Crippen LogP contribution in [-0.4, -0.2) is 37.2 Å². The highest BCUT2D eigenvalue weighted by Gasteiger charge is 2.19. The Morgan fingerprint density at radius 3 is 0.872 bits per heavy atom. The van der Waals surface area contributed by atoms with Crippen LogP contribution in [0.1, 0.15) is 348 Å². The summed E-state index contributed by atoms with van der Waals surface area (Å²) in [5, 5.41) is 0. The van der Waals surface area contributed by atoms with Gasteiger partial charge < -0.3 is 14.2 Å². The predicted octanol–water partition coefficient (Wildman–Crippen LogP) is 23.3. The summed E-state index contributed by atoms with van der Waals surface area (Å²) in [6.45, 7) is 6.47. The number of unbranched alkanes of at least 4 members (excludes halogenated alkanes) is 39. The monoisotopic (exact) mass is 1090 g/mol. The Morgan fingerprint density at radius 2 is 0.526 bits per heavy atom. The zero-order valence-electron chi connectivity index (χ0n) is 51.9. The first-order valence-electron chi connectivity index (χ1n) is 33.9. The van der Waals surface area contributed by atoms with Crippen molar-refractivity contribution in [2.45, 2.75) is 354 Å². The zero-order chi connectivity index (χ0) is 56.4. The van der Waals surface area contributed by atoms with Gasteiger partial charge in [0.2, 0.25) is 0 Å². The highest BCUT2D eigenvalue weighted by Crippen LogP contribution is 2.18. The molecule has 0 fully saturated rings. The van der Waals surface area contributed by atoms with Crippen molar-refractivity contribution in [3.05, 3.63) is 72.9 Å². The van der Waals surface area contributed by atoms with E-state index in [1.54, 1.807) is 0 Å². The molecule has 6 heteroatoms. The van der Waals surface area contributed by atoms with Gasteiger partial charge in [-0.15, -0.1) is 0 Å². The fraction of sp³-hybridized carbons (Fsp3) is 0.792. The van der Waals surface area contributed by atoms with E-state index in [4.69, 9.17) is 14.2 Å². The summed E-state index contributed by atoms with van der Waals surface area (Å²) in [7, 11) is 0. The Bertz CT molecular complexity index is 1440. The van der Waals surface area contributed by atoms with Crippen LogP contribution in [-0.2, 0) is 28.6 Å². The Balaban J connectivity index is 4.18. The molecule has 0 heterocycles. The molecule has 0 N–H and O–H groups in total. The number of allylic oxidation sites excluding steroid dienone is 12. The second kappa shape index (κ2) is 66.4. The average molecular weight is 1090 g/mol. The molecule has 6 nitrogen and oxygen atoms in total. The summed E-state index contributed by atoms with van der Waals surface area (Å²) in [6, 6.07) is 0. The van der Waals surface area contributed by atoms with Crippen LogP contribution in [0.3, 0.4) is 0 Å². The summed E-state index contributed by atoms with van der Waals surface area (Å²) in [4.78, 5) is 38.2. The highest BCUT2D eigenvalue weighted by molar-refractivity contribution is 5.71. The van der Waals surface area contributed by atoms with Crippen LogP contribution in [0, 0.1) is 0 Å². The van der Waals surface area contributed by atoms with Gasteiger partial charge in [0.15, 0.2) is 6.10 Å². The van der Waals surface area contributed by atoms with Crippen molar-refractivity contribution >= 4 is 17.9 Å². The molecular formula is C72H128O6. The van der Waals surface area contributed by atoms with Crippen LogP contribution < -0.4 is 0 Å². The van der Waals surface area contributed by atoms with Gasteiger partial charge >= 0.3 is 17.9 Å². The first-order chi connectivity index (χ1) is 38.5. The molecule has 0 aliphatic rings. The molecule has 0 aliphatic carbocycles. The van der Waals surface area contributed by atoms with E-state index < -0.39 is 6.10 Å². The summed E-state index contributed by atoms with van der Waals surface area (Å²) < 4.78 is 16.8. The number of ether oxygens (including phenoxy) is 3. The van der Waals surface area contributed by atoms with Crippen LogP contribution >= 0.6 is 0 Å². The highest BCUT2D eigenvalue weighted by atomic mass is 16.6. The summed E-state index contributed by atoms with van der Waals surface area (Å²) in [6.07, 6.45) is 86.8. The summed E-state index contributed by atoms with van der Waals surface area (Å²) >= 11 is 0. The number of esters is 3. The molecule has 452 valence electrons. The third-order valence-corrected chi connectivity index (χ3v) is 15.0. The van der Waals surface area contributed by atoms with Crippen molar-refractivity contribution < 1.29 is 28.6 Å². The fourth-order valence-electron chi connectivity index (χ4n) is 9.90. The normalized spacial score (nSPS) is 12.5. The zero-order valence-corrected chi connectivity index (χ0v) is 51.9. The maximum atomic E-state index is 12.9. The van der Waals surface area contributed by atoms with Crippen molar-refractivity contribution in [3.8, 4) is 0 Å². The maximum absolute atomic E-state index is 12.9. The van der Waals surface area contributed by atoms with Crippen molar-refractivity contribution in [1.29, 1.82) is 0 Å². The van der Waals surface area contributed by atoms with Gasteiger partial charge in [-0.2, -0.15) is 0 Å². The van der Waals surface area contributed by atoms with Gasteiger partial charge in [-0.25, -0.2) is 0 Å². The molecule has 0 saturated heterocycles. The fourth-order valence-corrected chi connectivity index (χ4v) is 9.90.